The minimum Gasteiger partial charge on any atom is -0.493 e. The van der Waals surface area contributed by atoms with Crippen LogP contribution in [0.25, 0.3) is 11.1 Å². The fourth-order valence-corrected chi connectivity index (χ4v) is 5.00. The van der Waals surface area contributed by atoms with Crippen molar-refractivity contribution in [1.29, 1.82) is 0 Å². The van der Waals surface area contributed by atoms with Crippen molar-refractivity contribution in [2.75, 3.05) is 41.5 Å². The van der Waals surface area contributed by atoms with E-state index in [2.05, 4.69) is 65.5 Å². The molecule has 0 bridgehead atoms. The predicted molar refractivity (Wildman–Crippen MR) is 174 cm³/mol. The standard InChI is InChI=1S/C36H40N2O5/c1-7-31(26-11-9-8-10-12-26)36(27-13-17-29(18-14-27)42-22-21-38(3)4)28-15-19-30(20-16-28)43-25(2)32-23-34(40-5)35(41-6)24-33(32)37-39/h8-20,23-25H,7,21-22H2,1-6H3/b36-31+. The molecule has 224 valence electrons. The number of hydrogen-bond acceptors (Lipinski definition) is 7. The van der Waals surface area contributed by atoms with Crippen molar-refractivity contribution in [3.63, 3.8) is 0 Å². The Kier molecular flexibility index (Phi) is 10.9. The lowest BCUT2D eigenvalue weighted by Crippen LogP contribution is -2.19. The zero-order valence-corrected chi connectivity index (χ0v) is 25.8. The lowest BCUT2D eigenvalue weighted by atomic mass is 9.88. The summed E-state index contributed by atoms with van der Waals surface area (Å²) < 4.78 is 23.0. The number of nitroso groups, excluding NO2 is 1. The van der Waals surface area contributed by atoms with Gasteiger partial charge in [0.15, 0.2) is 11.5 Å². The highest BCUT2D eigenvalue weighted by molar-refractivity contribution is 5.98. The zero-order valence-electron chi connectivity index (χ0n) is 25.8. The third-order valence-electron chi connectivity index (χ3n) is 7.25. The minimum atomic E-state index is -0.455. The van der Waals surface area contributed by atoms with Crippen LogP contribution < -0.4 is 18.9 Å². The first kappa shape index (κ1) is 31.3. The number of hydrogen-bond donors (Lipinski definition) is 0. The first-order valence-corrected chi connectivity index (χ1v) is 14.4. The molecular weight excluding hydrogens is 540 g/mol. The van der Waals surface area contributed by atoms with Gasteiger partial charge in [0.1, 0.15) is 29.9 Å². The van der Waals surface area contributed by atoms with Crippen molar-refractivity contribution >= 4 is 16.8 Å². The smallest absolute Gasteiger partial charge is 0.163 e. The molecule has 0 aromatic heterocycles. The molecule has 4 aromatic rings. The lowest BCUT2D eigenvalue weighted by molar-refractivity contribution is 0.226. The van der Waals surface area contributed by atoms with Crippen LogP contribution >= 0.6 is 0 Å². The highest BCUT2D eigenvalue weighted by Crippen LogP contribution is 2.40. The number of allylic oxidation sites excluding steroid dienone is 1. The molecule has 0 N–H and O–H groups in total. The van der Waals surface area contributed by atoms with Crippen LogP contribution in [0.15, 0.2) is 96.2 Å². The van der Waals surface area contributed by atoms with Crippen LogP contribution in [0.5, 0.6) is 23.0 Å². The van der Waals surface area contributed by atoms with Gasteiger partial charge in [-0.2, -0.15) is 0 Å². The highest BCUT2D eigenvalue weighted by atomic mass is 16.5. The summed E-state index contributed by atoms with van der Waals surface area (Å²) in [6, 6.07) is 30.1. The van der Waals surface area contributed by atoms with Crippen molar-refractivity contribution in [2.45, 2.75) is 26.4 Å². The number of methoxy groups -OCH3 is 2. The number of benzene rings is 4. The average Bonchev–Trinajstić information content (AvgIpc) is 3.04. The molecule has 0 aliphatic carbocycles. The minimum absolute atomic E-state index is 0.247. The van der Waals surface area contributed by atoms with Crippen LogP contribution in [0.2, 0.25) is 0 Å². The van der Waals surface area contributed by atoms with Crippen LogP contribution in [0, 0.1) is 4.91 Å². The van der Waals surface area contributed by atoms with E-state index in [1.807, 2.05) is 51.4 Å². The topological polar surface area (TPSA) is 69.6 Å². The van der Waals surface area contributed by atoms with Gasteiger partial charge in [0.05, 0.1) is 14.2 Å². The third-order valence-corrected chi connectivity index (χ3v) is 7.25. The van der Waals surface area contributed by atoms with Gasteiger partial charge in [-0.1, -0.05) is 61.5 Å². The molecule has 1 atom stereocenters. The monoisotopic (exact) mass is 580 g/mol. The van der Waals surface area contributed by atoms with E-state index in [1.165, 1.54) is 18.2 Å². The summed E-state index contributed by atoms with van der Waals surface area (Å²) in [7, 11) is 7.14. The zero-order chi connectivity index (χ0) is 30.8. The maximum Gasteiger partial charge on any atom is 0.163 e. The van der Waals surface area contributed by atoms with Crippen molar-refractivity contribution in [2.24, 2.45) is 5.18 Å². The number of rotatable bonds is 14. The molecule has 0 saturated carbocycles. The lowest BCUT2D eigenvalue weighted by Gasteiger charge is -2.20. The van der Waals surface area contributed by atoms with E-state index in [0.717, 1.165) is 35.4 Å². The summed E-state index contributed by atoms with van der Waals surface area (Å²) in [5.74, 6) is 2.46. The number of nitrogens with zero attached hydrogens (tertiary/aromatic N) is 2. The summed E-state index contributed by atoms with van der Waals surface area (Å²) in [6.45, 7) is 5.55. The Morgan fingerprint density at radius 3 is 1.91 bits per heavy atom. The van der Waals surface area contributed by atoms with Gasteiger partial charge in [0, 0.05) is 18.2 Å². The van der Waals surface area contributed by atoms with Crippen LogP contribution in [-0.4, -0.2) is 46.4 Å². The fourth-order valence-electron chi connectivity index (χ4n) is 5.00. The molecule has 4 rings (SSSR count). The molecular formula is C36H40N2O5. The Balaban J connectivity index is 1.66. The summed E-state index contributed by atoms with van der Waals surface area (Å²) in [6.07, 6.45) is 0.403. The quantitative estimate of drug-likeness (QED) is 0.110. The molecule has 0 aliphatic heterocycles. The Morgan fingerprint density at radius 2 is 1.37 bits per heavy atom. The summed E-state index contributed by atoms with van der Waals surface area (Å²) >= 11 is 0. The molecule has 7 heteroatoms. The van der Waals surface area contributed by atoms with Gasteiger partial charge in [-0.05, 0) is 90.8 Å². The van der Waals surface area contributed by atoms with Gasteiger partial charge in [0.2, 0.25) is 0 Å². The second kappa shape index (κ2) is 15.0. The molecule has 0 fully saturated rings. The van der Waals surface area contributed by atoms with E-state index < -0.39 is 6.10 Å². The largest absolute Gasteiger partial charge is 0.493 e. The first-order valence-electron chi connectivity index (χ1n) is 14.4. The summed E-state index contributed by atoms with van der Waals surface area (Å²) in [5, 5.41) is 3.19. The van der Waals surface area contributed by atoms with Crippen molar-refractivity contribution < 1.29 is 18.9 Å². The Hall–Kier alpha value is -4.62. The maximum atomic E-state index is 11.6. The van der Waals surface area contributed by atoms with Crippen molar-refractivity contribution in [3.8, 4) is 23.0 Å². The first-order chi connectivity index (χ1) is 20.9. The van der Waals surface area contributed by atoms with Crippen LogP contribution in [0.3, 0.4) is 0 Å². The molecule has 0 amide bonds. The molecule has 7 nitrogen and oxygen atoms in total. The number of ether oxygens (including phenoxy) is 4. The molecule has 0 saturated heterocycles. The van der Waals surface area contributed by atoms with Gasteiger partial charge in [-0.3, -0.25) is 0 Å². The van der Waals surface area contributed by atoms with Gasteiger partial charge < -0.3 is 23.8 Å². The van der Waals surface area contributed by atoms with Crippen LogP contribution in [-0.2, 0) is 0 Å². The molecule has 4 aromatic carbocycles. The van der Waals surface area contributed by atoms with Crippen LogP contribution in [0.4, 0.5) is 5.69 Å². The second-order valence-electron chi connectivity index (χ2n) is 10.4. The van der Waals surface area contributed by atoms with E-state index in [1.54, 1.807) is 19.2 Å². The molecule has 0 aliphatic rings. The molecule has 43 heavy (non-hydrogen) atoms. The highest BCUT2D eigenvalue weighted by Gasteiger charge is 2.19. The van der Waals surface area contributed by atoms with E-state index in [4.69, 9.17) is 18.9 Å². The maximum absolute atomic E-state index is 11.6. The average molecular weight is 581 g/mol. The van der Waals surface area contributed by atoms with E-state index >= 15 is 0 Å². The fraction of sp³-hybridized carbons (Fsp3) is 0.278. The molecule has 1 unspecified atom stereocenters. The van der Waals surface area contributed by atoms with Gasteiger partial charge in [-0.25, -0.2) is 0 Å². The molecule has 0 radical (unpaired) electrons. The van der Waals surface area contributed by atoms with E-state index in [-0.39, 0.29) is 5.69 Å². The molecule has 0 spiro atoms. The second-order valence-corrected chi connectivity index (χ2v) is 10.4. The van der Waals surface area contributed by atoms with E-state index in [9.17, 15) is 4.91 Å². The van der Waals surface area contributed by atoms with Gasteiger partial charge in [-0.15, -0.1) is 4.91 Å². The predicted octanol–water partition coefficient (Wildman–Crippen LogP) is 8.55. The Morgan fingerprint density at radius 1 is 0.791 bits per heavy atom. The Labute approximate surface area is 254 Å². The van der Waals surface area contributed by atoms with E-state index in [0.29, 0.717) is 29.4 Å². The van der Waals surface area contributed by atoms with Gasteiger partial charge in [0.25, 0.3) is 0 Å². The molecule has 0 heterocycles. The summed E-state index contributed by atoms with van der Waals surface area (Å²) in [4.78, 5) is 13.7. The van der Waals surface area contributed by atoms with Crippen LogP contribution in [0.1, 0.15) is 48.6 Å². The summed E-state index contributed by atoms with van der Waals surface area (Å²) in [5.41, 5.74) is 6.62. The third kappa shape index (κ3) is 7.81. The van der Waals surface area contributed by atoms with Gasteiger partial charge >= 0.3 is 0 Å². The van der Waals surface area contributed by atoms with Crippen molar-refractivity contribution in [3.05, 3.63) is 118 Å². The van der Waals surface area contributed by atoms with Crippen molar-refractivity contribution in [1.82, 2.24) is 4.90 Å². The Bertz CT molecular complexity index is 1510. The number of likely N-dealkylation sites (N-methyl/N-ethyl adjacent to an activating group) is 1. The normalized spacial score (nSPS) is 12.3. The SMILES string of the molecule is CC/C(=C(/c1ccc(OCCN(C)C)cc1)c1ccc(OC(C)c2cc(OC)c(OC)cc2N=O)cc1)c1ccccc1.